The first-order valence-corrected chi connectivity index (χ1v) is 4.52. The third-order valence-corrected chi connectivity index (χ3v) is 1.50. The summed E-state index contributed by atoms with van der Waals surface area (Å²) in [5, 5.41) is 2.68. The van der Waals surface area contributed by atoms with Gasteiger partial charge in [-0.05, 0) is 19.8 Å². The van der Waals surface area contributed by atoms with Crippen LogP contribution in [0.5, 0.6) is 0 Å². The minimum Gasteiger partial charge on any atom is -0.449 e. The van der Waals surface area contributed by atoms with Crippen molar-refractivity contribution in [1.82, 2.24) is 5.32 Å². The highest BCUT2D eigenvalue weighted by atomic mass is 16.5. The smallest absolute Gasteiger partial charge is 0.407 e. The van der Waals surface area contributed by atoms with Crippen LogP contribution in [0, 0.1) is 5.92 Å². The van der Waals surface area contributed by atoms with Crippen LogP contribution in [0.15, 0.2) is 0 Å². The van der Waals surface area contributed by atoms with E-state index < -0.39 is 11.6 Å². The molecule has 0 saturated carbocycles. The predicted molar refractivity (Wildman–Crippen MR) is 52.5 cm³/mol. The maximum absolute atomic E-state index is 11.1. The highest BCUT2D eigenvalue weighted by molar-refractivity contribution is 5.68. The second-order valence-electron chi connectivity index (χ2n) is 4.21. The molecule has 0 bridgehead atoms. The van der Waals surface area contributed by atoms with Crippen molar-refractivity contribution in [2.24, 2.45) is 11.7 Å². The second-order valence-corrected chi connectivity index (χ2v) is 4.21. The molecule has 0 aromatic carbocycles. The molecule has 4 nitrogen and oxygen atoms in total. The molecule has 0 aliphatic heterocycles. The normalized spacial score (nSPS) is 11.5. The summed E-state index contributed by atoms with van der Waals surface area (Å²) in [6.07, 6.45) is -0.399. The maximum Gasteiger partial charge on any atom is 0.407 e. The van der Waals surface area contributed by atoms with Gasteiger partial charge in [0, 0.05) is 12.1 Å². The van der Waals surface area contributed by atoms with Gasteiger partial charge in [0.05, 0.1) is 6.61 Å². The van der Waals surface area contributed by atoms with Crippen LogP contribution < -0.4 is 11.1 Å². The molecule has 1 amide bonds. The van der Waals surface area contributed by atoms with Gasteiger partial charge in [0.2, 0.25) is 0 Å². The minimum atomic E-state index is -0.399. The Hall–Kier alpha value is -0.770. The Kier molecular flexibility index (Phi) is 4.77. The molecule has 0 fully saturated rings. The highest BCUT2D eigenvalue weighted by Gasteiger charge is 2.18. The first-order valence-electron chi connectivity index (χ1n) is 4.52. The first kappa shape index (κ1) is 12.2. The van der Waals surface area contributed by atoms with Gasteiger partial charge in [0.25, 0.3) is 0 Å². The van der Waals surface area contributed by atoms with Crippen LogP contribution in [0.2, 0.25) is 0 Å². The standard InChI is InChI=1S/C9H20N2O2/c1-7(2)5-13-8(12)11-9(3,4)6-10/h7H,5-6,10H2,1-4H3,(H,11,12). The number of nitrogens with one attached hydrogen (secondary N) is 1. The SMILES string of the molecule is CC(C)COC(=O)NC(C)(C)CN. The largest absolute Gasteiger partial charge is 0.449 e. The van der Waals surface area contributed by atoms with E-state index in [1.54, 1.807) is 0 Å². The van der Waals surface area contributed by atoms with Gasteiger partial charge < -0.3 is 15.8 Å². The molecule has 0 aromatic rings. The van der Waals surface area contributed by atoms with Crippen LogP contribution in [0.4, 0.5) is 4.79 Å². The van der Waals surface area contributed by atoms with Crippen LogP contribution >= 0.6 is 0 Å². The van der Waals surface area contributed by atoms with Crippen LogP contribution in [-0.2, 0) is 4.74 Å². The van der Waals surface area contributed by atoms with Gasteiger partial charge in [-0.1, -0.05) is 13.8 Å². The Morgan fingerprint density at radius 3 is 2.46 bits per heavy atom. The molecule has 0 saturated heterocycles. The molecule has 0 heterocycles. The Labute approximate surface area is 79.8 Å². The number of ether oxygens (including phenoxy) is 1. The number of carbonyl (C=O) groups is 1. The van der Waals surface area contributed by atoms with E-state index in [0.29, 0.717) is 19.1 Å². The van der Waals surface area contributed by atoms with Crippen molar-refractivity contribution in [3.05, 3.63) is 0 Å². The summed E-state index contributed by atoms with van der Waals surface area (Å²) in [5.74, 6) is 0.353. The van der Waals surface area contributed by atoms with Crippen molar-refractivity contribution in [1.29, 1.82) is 0 Å². The van der Waals surface area contributed by atoms with E-state index >= 15 is 0 Å². The van der Waals surface area contributed by atoms with Crippen molar-refractivity contribution in [3.8, 4) is 0 Å². The Balaban J connectivity index is 3.74. The third kappa shape index (κ3) is 6.40. The molecule has 4 heteroatoms. The number of rotatable bonds is 4. The molecular weight excluding hydrogens is 168 g/mol. The summed E-state index contributed by atoms with van der Waals surface area (Å²) in [4.78, 5) is 11.1. The fourth-order valence-electron chi connectivity index (χ4n) is 0.606. The molecular formula is C9H20N2O2. The lowest BCUT2D eigenvalue weighted by Crippen LogP contribution is -2.49. The van der Waals surface area contributed by atoms with Gasteiger partial charge in [-0.15, -0.1) is 0 Å². The number of nitrogens with two attached hydrogens (primary N) is 1. The summed E-state index contributed by atoms with van der Waals surface area (Å²) < 4.78 is 4.94. The van der Waals surface area contributed by atoms with E-state index in [0.717, 1.165) is 0 Å². The molecule has 0 spiro atoms. The van der Waals surface area contributed by atoms with Crippen molar-refractivity contribution in [2.45, 2.75) is 33.2 Å². The molecule has 0 aliphatic rings. The zero-order valence-electron chi connectivity index (χ0n) is 8.89. The number of amides is 1. The van der Waals surface area contributed by atoms with E-state index in [4.69, 9.17) is 10.5 Å². The third-order valence-electron chi connectivity index (χ3n) is 1.50. The zero-order chi connectivity index (χ0) is 10.5. The summed E-state index contributed by atoms with van der Waals surface area (Å²) >= 11 is 0. The number of hydrogen-bond acceptors (Lipinski definition) is 3. The molecule has 78 valence electrons. The summed E-state index contributed by atoms with van der Waals surface area (Å²) in [6, 6.07) is 0. The maximum atomic E-state index is 11.1. The summed E-state index contributed by atoms with van der Waals surface area (Å²) in [5.41, 5.74) is 5.05. The fourth-order valence-corrected chi connectivity index (χ4v) is 0.606. The number of alkyl carbamates (subject to hydrolysis) is 1. The van der Waals surface area contributed by atoms with Gasteiger partial charge >= 0.3 is 6.09 Å². The van der Waals surface area contributed by atoms with Gasteiger partial charge in [-0.3, -0.25) is 0 Å². The Morgan fingerprint density at radius 1 is 1.54 bits per heavy atom. The lowest BCUT2D eigenvalue weighted by atomic mass is 10.1. The number of carbonyl (C=O) groups excluding carboxylic acids is 1. The van der Waals surface area contributed by atoms with E-state index in [2.05, 4.69) is 5.32 Å². The highest BCUT2D eigenvalue weighted by Crippen LogP contribution is 2.00. The monoisotopic (exact) mass is 188 g/mol. The van der Waals surface area contributed by atoms with Crippen molar-refractivity contribution in [3.63, 3.8) is 0 Å². The average molecular weight is 188 g/mol. The molecule has 0 unspecified atom stereocenters. The van der Waals surface area contributed by atoms with E-state index in [9.17, 15) is 4.79 Å². The fraction of sp³-hybridized carbons (Fsp3) is 0.889. The zero-order valence-corrected chi connectivity index (χ0v) is 8.89. The van der Waals surface area contributed by atoms with Crippen LogP contribution in [0.3, 0.4) is 0 Å². The summed E-state index contributed by atoms with van der Waals surface area (Å²) in [6.45, 7) is 8.51. The van der Waals surface area contributed by atoms with E-state index in [1.165, 1.54) is 0 Å². The van der Waals surface area contributed by atoms with Gasteiger partial charge in [0.15, 0.2) is 0 Å². The first-order chi connectivity index (χ1) is 5.87. The van der Waals surface area contributed by atoms with Gasteiger partial charge in [-0.25, -0.2) is 4.79 Å². The molecule has 0 rings (SSSR count). The second kappa shape index (κ2) is 5.07. The quantitative estimate of drug-likeness (QED) is 0.694. The topological polar surface area (TPSA) is 64.3 Å². The van der Waals surface area contributed by atoms with E-state index in [1.807, 2.05) is 27.7 Å². The molecule has 3 N–H and O–H groups in total. The molecule has 0 radical (unpaired) electrons. The van der Waals surface area contributed by atoms with Gasteiger partial charge in [0.1, 0.15) is 0 Å². The minimum absolute atomic E-state index is 0.353. The van der Waals surface area contributed by atoms with Crippen LogP contribution in [-0.4, -0.2) is 24.8 Å². The van der Waals surface area contributed by atoms with Crippen molar-refractivity contribution in [2.75, 3.05) is 13.2 Å². The van der Waals surface area contributed by atoms with Crippen molar-refractivity contribution >= 4 is 6.09 Å². The van der Waals surface area contributed by atoms with Crippen LogP contribution in [0.25, 0.3) is 0 Å². The van der Waals surface area contributed by atoms with Gasteiger partial charge in [-0.2, -0.15) is 0 Å². The molecule has 0 aliphatic carbocycles. The molecule has 0 atom stereocenters. The Bertz CT molecular complexity index is 167. The number of hydrogen-bond donors (Lipinski definition) is 2. The lowest BCUT2D eigenvalue weighted by Gasteiger charge is -2.23. The van der Waals surface area contributed by atoms with Crippen LogP contribution in [0.1, 0.15) is 27.7 Å². The Morgan fingerprint density at radius 2 is 2.08 bits per heavy atom. The van der Waals surface area contributed by atoms with Crippen molar-refractivity contribution < 1.29 is 9.53 Å². The molecule has 0 aromatic heterocycles. The lowest BCUT2D eigenvalue weighted by molar-refractivity contribution is 0.124. The molecule has 13 heavy (non-hydrogen) atoms. The van der Waals surface area contributed by atoms with E-state index in [-0.39, 0.29) is 0 Å². The average Bonchev–Trinajstić information content (AvgIpc) is 2.00. The predicted octanol–water partition coefficient (Wildman–Crippen LogP) is 1.11. The summed E-state index contributed by atoms with van der Waals surface area (Å²) in [7, 11) is 0.